The summed E-state index contributed by atoms with van der Waals surface area (Å²) in [4.78, 5) is 19.2. The molecule has 2 saturated heterocycles. The molecule has 0 radical (unpaired) electrons. The van der Waals surface area contributed by atoms with Gasteiger partial charge in [-0.15, -0.1) is 0 Å². The number of morpholine rings is 1. The van der Waals surface area contributed by atoms with E-state index < -0.39 is 0 Å². The SMILES string of the molecule is O=C=C1C(N2CCOCC2)=C(c2cccc3ccccc23)NN1Cc1cncn1CC1CCNCC1. The number of imidazole rings is 1. The van der Waals surface area contributed by atoms with Gasteiger partial charge in [-0.3, -0.25) is 10.4 Å². The van der Waals surface area contributed by atoms with E-state index in [1.165, 1.54) is 18.2 Å². The zero-order valence-electron chi connectivity index (χ0n) is 20.4. The lowest BCUT2D eigenvalue weighted by Gasteiger charge is -2.30. The molecule has 2 N–H and O–H groups in total. The number of ether oxygens (including phenoxy) is 1. The molecule has 0 spiro atoms. The number of piperidine rings is 1. The Labute approximate surface area is 211 Å². The second kappa shape index (κ2) is 10.2. The molecule has 8 heteroatoms. The third kappa shape index (κ3) is 4.39. The van der Waals surface area contributed by atoms with E-state index in [0.29, 0.717) is 31.4 Å². The van der Waals surface area contributed by atoms with Gasteiger partial charge in [0.05, 0.1) is 49.4 Å². The fourth-order valence-corrected chi connectivity index (χ4v) is 5.59. The zero-order chi connectivity index (χ0) is 24.3. The van der Waals surface area contributed by atoms with E-state index in [9.17, 15) is 4.79 Å². The first-order valence-corrected chi connectivity index (χ1v) is 12.9. The minimum absolute atomic E-state index is 0.525. The molecule has 36 heavy (non-hydrogen) atoms. The number of carbonyl (C=O) groups excluding carboxylic acids is 1. The third-order valence-corrected chi connectivity index (χ3v) is 7.49. The summed E-state index contributed by atoms with van der Waals surface area (Å²) in [6.45, 7) is 6.37. The van der Waals surface area contributed by atoms with E-state index in [4.69, 9.17) is 4.74 Å². The fourth-order valence-electron chi connectivity index (χ4n) is 5.59. The van der Waals surface area contributed by atoms with Crippen LogP contribution in [-0.4, -0.2) is 64.8 Å². The Morgan fingerprint density at radius 1 is 1.06 bits per heavy atom. The molecule has 3 aliphatic heterocycles. The van der Waals surface area contributed by atoms with Crippen LogP contribution < -0.4 is 10.7 Å². The number of nitrogens with zero attached hydrogens (tertiary/aromatic N) is 4. The van der Waals surface area contributed by atoms with Crippen molar-refractivity contribution < 1.29 is 9.53 Å². The maximum Gasteiger partial charge on any atom is 0.167 e. The Morgan fingerprint density at radius 3 is 2.69 bits per heavy atom. The van der Waals surface area contributed by atoms with Gasteiger partial charge in [0.1, 0.15) is 0 Å². The molecule has 3 aliphatic rings. The molecule has 8 nitrogen and oxygen atoms in total. The highest BCUT2D eigenvalue weighted by atomic mass is 16.5. The summed E-state index contributed by atoms with van der Waals surface area (Å²) >= 11 is 0. The van der Waals surface area contributed by atoms with Crippen molar-refractivity contribution in [3.8, 4) is 0 Å². The number of hydrazine groups is 1. The number of benzene rings is 2. The van der Waals surface area contributed by atoms with Crippen LogP contribution in [-0.2, 0) is 22.6 Å². The first-order chi connectivity index (χ1) is 17.8. The third-order valence-electron chi connectivity index (χ3n) is 7.49. The van der Waals surface area contributed by atoms with Crippen molar-refractivity contribution in [1.82, 2.24) is 30.2 Å². The maximum atomic E-state index is 12.5. The molecule has 1 aromatic heterocycles. The Balaban J connectivity index is 1.35. The van der Waals surface area contributed by atoms with Crippen molar-refractivity contribution in [2.75, 3.05) is 39.4 Å². The lowest BCUT2D eigenvalue weighted by atomic mass is 9.98. The first kappa shape index (κ1) is 22.9. The van der Waals surface area contributed by atoms with Crippen LogP contribution in [0.2, 0.25) is 0 Å². The molecule has 2 fully saturated rings. The summed E-state index contributed by atoms with van der Waals surface area (Å²) in [6, 6.07) is 14.7. The predicted octanol–water partition coefficient (Wildman–Crippen LogP) is 2.77. The van der Waals surface area contributed by atoms with E-state index in [2.05, 4.69) is 73.6 Å². The molecule has 0 bridgehead atoms. The van der Waals surface area contributed by atoms with Crippen molar-refractivity contribution in [2.45, 2.75) is 25.9 Å². The van der Waals surface area contributed by atoms with E-state index in [1.54, 1.807) is 0 Å². The van der Waals surface area contributed by atoms with Crippen LogP contribution in [0.1, 0.15) is 24.1 Å². The smallest absolute Gasteiger partial charge is 0.167 e. The van der Waals surface area contributed by atoms with E-state index in [1.807, 2.05) is 17.5 Å². The summed E-state index contributed by atoms with van der Waals surface area (Å²) in [5.74, 6) is 2.91. The van der Waals surface area contributed by atoms with E-state index in [-0.39, 0.29) is 0 Å². The molecule has 6 rings (SSSR count). The molecule has 0 amide bonds. The molecule has 0 atom stereocenters. The highest BCUT2D eigenvalue weighted by Gasteiger charge is 2.34. The molecule has 0 saturated carbocycles. The van der Waals surface area contributed by atoms with Crippen LogP contribution in [0.3, 0.4) is 0 Å². The first-order valence-electron chi connectivity index (χ1n) is 12.9. The average Bonchev–Trinajstić information content (AvgIpc) is 3.53. The van der Waals surface area contributed by atoms with Crippen molar-refractivity contribution in [2.24, 2.45) is 5.92 Å². The topological polar surface area (TPSA) is 74.7 Å². The zero-order valence-corrected chi connectivity index (χ0v) is 20.4. The molecular weight excluding hydrogens is 452 g/mol. The standard InChI is InChI=1S/C28H32N6O2/c35-19-26-28(32-12-14-36-15-13-32)27(25-7-3-5-22-4-1-2-6-24(22)25)31-34(26)18-23-16-30-20-33(23)17-21-8-10-29-11-9-21/h1-7,16,20-21,29,31H,8-15,17-18H2. The lowest BCUT2D eigenvalue weighted by molar-refractivity contribution is 0.0543. The minimum Gasteiger partial charge on any atom is -0.378 e. The number of rotatable bonds is 6. The quantitative estimate of drug-likeness (QED) is 0.521. The van der Waals surface area contributed by atoms with E-state index >= 15 is 0 Å². The Bertz CT molecular complexity index is 1310. The highest BCUT2D eigenvalue weighted by molar-refractivity contribution is 5.95. The van der Waals surface area contributed by atoms with Crippen LogP contribution >= 0.6 is 0 Å². The van der Waals surface area contributed by atoms with Crippen molar-refractivity contribution in [1.29, 1.82) is 0 Å². The molecule has 186 valence electrons. The Morgan fingerprint density at radius 2 is 1.86 bits per heavy atom. The van der Waals surface area contributed by atoms with Crippen LogP contribution in [0.25, 0.3) is 16.5 Å². The van der Waals surface area contributed by atoms with Gasteiger partial charge in [0.25, 0.3) is 0 Å². The highest BCUT2D eigenvalue weighted by Crippen LogP contribution is 2.36. The summed E-state index contributed by atoms with van der Waals surface area (Å²) in [6.07, 6.45) is 6.18. The lowest BCUT2D eigenvalue weighted by Crippen LogP contribution is -2.37. The Hall–Kier alpha value is -3.58. The molecule has 0 unspecified atom stereocenters. The van der Waals surface area contributed by atoms with Gasteiger partial charge in [-0.05, 0) is 42.6 Å². The van der Waals surface area contributed by atoms with Gasteiger partial charge in [-0.2, -0.15) is 0 Å². The number of nitrogens with one attached hydrogen (secondary N) is 2. The van der Waals surface area contributed by atoms with Gasteiger partial charge in [-0.25, -0.2) is 9.78 Å². The van der Waals surface area contributed by atoms with Crippen molar-refractivity contribution >= 4 is 22.4 Å². The van der Waals surface area contributed by atoms with Crippen LogP contribution in [0, 0.1) is 5.92 Å². The average molecular weight is 485 g/mol. The summed E-state index contributed by atoms with van der Waals surface area (Å²) in [5.41, 5.74) is 8.13. The van der Waals surface area contributed by atoms with Crippen LogP contribution in [0.5, 0.6) is 0 Å². The monoisotopic (exact) mass is 484 g/mol. The fraction of sp³-hybridized carbons (Fsp3) is 0.393. The predicted molar refractivity (Wildman–Crippen MR) is 139 cm³/mol. The second-order valence-corrected chi connectivity index (χ2v) is 9.73. The number of hydrogen-bond donors (Lipinski definition) is 2. The van der Waals surface area contributed by atoms with Crippen LogP contribution in [0.15, 0.2) is 66.4 Å². The van der Waals surface area contributed by atoms with Gasteiger partial charge < -0.3 is 19.5 Å². The van der Waals surface area contributed by atoms with Crippen molar-refractivity contribution in [3.63, 3.8) is 0 Å². The second-order valence-electron chi connectivity index (χ2n) is 9.73. The molecular formula is C28H32N6O2. The molecule has 3 aromatic rings. The van der Waals surface area contributed by atoms with Gasteiger partial charge in [0.15, 0.2) is 11.6 Å². The minimum atomic E-state index is 0.525. The number of fused-ring (bicyclic) bond motifs is 1. The number of aromatic nitrogens is 2. The number of hydrogen-bond acceptors (Lipinski definition) is 7. The molecule has 0 aliphatic carbocycles. The van der Waals surface area contributed by atoms with Gasteiger partial charge >= 0.3 is 0 Å². The van der Waals surface area contributed by atoms with Gasteiger partial charge in [-0.1, -0.05) is 42.5 Å². The van der Waals surface area contributed by atoms with Gasteiger partial charge in [0.2, 0.25) is 0 Å². The molecule has 2 aromatic carbocycles. The summed E-state index contributed by atoms with van der Waals surface area (Å²) in [7, 11) is 0. The largest absolute Gasteiger partial charge is 0.378 e. The van der Waals surface area contributed by atoms with Crippen LogP contribution in [0.4, 0.5) is 0 Å². The van der Waals surface area contributed by atoms with E-state index in [0.717, 1.165) is 60.8 Å². The van der Waals surface area contributed by atoms with Crippen molar-refractivity contribution in [3.05, 3.63) is 77.6 Å². The summed E-state index contributed by atoms with van der Waals surface area (Å²) < 4.78 is 7.86. The van der Waals surface area contributed by atoms with Gasteiger partial charge in [0, 0.05) is 25.2 Å². The Kier molecular flexibility index (Phi) is 6.47. The normalized spacial score (nSPS) is 19.2. The maximum absolute atomic E-state index is 12.5. The summed E-state index contributed by atoms with van der Waals surface area (Å²) in [5, 5.41) is 7.69. The molecule has 4 heterocycles.